The minimum atomic E-state index is -0.324. The highest BCUT2D eigenvalue weighted by molar-refractivity contribution is 5.95. The highest BCUT2D eigenvalue weighted by atomic mass is 19.1. The summed E-state index contributed by atoms with van der Waals surface area (Å²) in [6, 6.07) is 5.68. The number of carbonyl (C=O) groups excluding carboxylic acids is 1. The standard InChI is InChI=1S/C16H24FNO2/c1-2-3-10-18(12-13-19)11-4-5-16(20)14-6-8-15(17)9-7-14/h6-9,19H,2-5,10-13H2,1H3. The van der Waals surface area contributed by atoms with E-state index in [4.69, 9.17) is 5.11 Å². The first kappa shape index (κ1) is 16.8. The molecule has 1 aromatic carbocycles. The van der Waals surface area contributed by atoms with Gasteiger partial charge >= 0.3 is 0 Å². The summed E-state index contributed by atoms with van der Waals surface area (Å²) in [6.07, 6.45) is 3.45. The van der Waals surface area contributed by atoms with Crippen LogP contribution in [0.2, 0.25) is 0 Å². The Balaban J connectivity index is 2.34. The molecule has 0 fully saturated rings. The zero-order valence-electron chi connectivity index (χ0n) is 12.1. The van der Waals surface area contributed by atoms with Gasteiger partial charge in [0.15, 0.2) is 5.78 Å². The number of carbonyl (C=O) groups is 1. The minimum absolute atomic E-state index is 0.0458. The van der Waals surface area contributed by atoms with Crippen molar-refractivity contribution < 1.29 is 14.3 Å². The van der Waals surface area contributed by atoms with Crippen LogP contribution in [0.1, 0.15) is 43.0 Å². The predicted molar refractivity (Wildman–Crippen MR) is 78.4 cm³/mol. The fraction of sp³-hybridized carbons (Fsp3) is 0.562. The van der Waals surface area contributed by atoms with Crippen molar-refractivity contribution in [3.05, 3.63) is 35.6 Å². The van der Waals surface area contributed by atoms with Crippen LogP contribution in [0.25, 0.3) is 0 Å². The molecule has 0 aliphatic carbocycles. The maximum absolute atomic E-state index is 12.8. The number of Topliss-reactive ketones (excluding diaryl/α,β-unsaturated/α-hetero) is 1. The minimum Gasteiger partial charge on any atom is -0.395 e. The van der Waals surface area contributed by atoms with Gasteiger partial charge in [-0.3, -0.25) is 4.79 Å². The van der Waals surface area contributed by atoms with Gasteiger partial charge in [-0.15, -0.1) is 0 Å². The maximum atomic E-state index is 12.8. The summed E-state index contributed by atoms with van der Waals surface area (Å²) in [5.41, 5.74) is 0.564. The van der Waals surface area contributed by atoms with Gasteiger partial charge in [0.1, 0.15) is 5.82 Å². The van der Waals surface area contributed by atoms with E-state index in [9.17, 15) is 9.18 Å². The summed E-state index contributed by atoms with van der Waals surface area (Å²) in [4.78, 5) is 14.1. The normalized spacial score (nSPS) is 11.0. The van der Waals surface area contributed by atoms with Crippen LogP contribution in [0, 0.1) is 5.82 Å². The topological polar surface area (TPSA) is 40.5 Å². The molecular formula is C16H24FNO2. The molecule has 0 heterocycles. The lowest BCUT2D eigenvalue weighted by atomic mass is 10.1. The second-order valence-electron chi connectivity index (χ2n) is 4.95. The van der Waals surface area contributed by atoms with Crippen LogP contribution in [-0.2, 0) is 0 Å². The Kier molecular flexibility index (Phi) is 8.07. The van der Waals surface area contributed by atoms with Gasteiger partial charge in [-0.2, -0.15) is 0 Å². The fourth-order valence-electron chi connectivity index (χ4n) is 2.10. The van der Waals surface area contributed by atoms with E-state index in [-0.39, 0.29) is 18.2 Å². The Morgan fingerprint density at radius 1 is 1.15 bits per heavy atom. The Morgan fingerprint density at radius 3 is 2.40 bits per heavy atom. The number of aliphatic hydroxyl groups is 1. The second kappa shape index (κ2) is 9.61. The van der Waals surface area contributed by atoms with Crippen molar-refractivity contribution in [3.63, 3.8) is 0 Å². The van der Waals surface area contributed by atoms with Gasteiger partial charge in [0.25, 0.3) is 0 Å². The summed E-state index contributed by atoms with van der Waals surface area (Å²) in [6.45, 7) is 4.71. The number of hydrogen-bond acceptors (Lipinski definition) is 3. The first-order chi connectivity index (χ1) is 9.67. The number of benzene rings is 1. The molecule has 0 atom stereocenters. The molecule has 0 aromatic heterocycles. The molecule has 0 bridgehead atoms. The van der Waals surface area contributed by atoms with Crippen molar-refractivity contribution in [1.82, 2.24) is 4.90 Å². The fourth-order valence-corrected chi connectivity index (χ4v) is 2.10. The molecule has 0 saturated heterocycles. The first-order valence-corrected chi connectivity index (χ1v) is 7.29. The van der Waals surface area contributed by atoms with E-state index < -0.39 is 0 Å². The smallest absolute Gasteiger partial charge is 0.162 e. The van der Waals surface area contributed by atoms with Crippen molar-refractivity contribution in [2.45, 2.75) is 32.6 Å². The molecule has 20 heavy (non-hydrogen) atoms. The van der Waals surface area contributed by atoms with Gasteiger partial charge in [0.05, 0.1) is 6.61 Å². The summed E-state index contributed by atoms with van der Waals surface area (Å²) < 4.78 is 12.8. The van der Waals surface area contributed by atoms with Crippen molar-refractivity contribution in [3.8, 4) is 0 Å². The molecule has 0 saturated carbocycles. The number of halogens is 1. The summed E-state index contributed by atoms with van der Waals surface area (Å²) in [5.74, 6) is -0.278. The first-order valence-electron chi connectivity index (χ1n) is 7.29. The lowest BCUT2D eigenvalue weighted by Crippen LogP contribution is -2.29. The van der Waals surface area contributed by atoms with Crippen LogP contribution in [0.5, 0.6) is 0 Å². The molecule has 1 rings (SSSR count). The number of aliphatic hydroxyl groups excluding tert-OH is 1. The SMILES string of the molecule is CCCCN(CCO)CCCC(=O)c1ccc(F)cc1. The van der Waals surface area contributed by atoms with Gasteiger partial charge in [0, 0.05) is 18.5 Å². The van der Waals surface area contributed by atoms with E-state index in [1.54, 1.807) is 0 Å². The number of hydrogen-bond donors (Lipinski definition) is 1. The Hall–Kier alpha value is -1.26. The maximum Gasteiger partial charge on any atom is 0.162 e. The number of ketones is 1. The molecular weight excluding hydrogens is 257 g/mol. The van der Waals surface area contributed by atoms with Crippen LogP contribution < -0.4 is 0 Å². The molecule has 4 heteroatoms. The monoisotopic (exact) mass is 281 g/mol. The van der Waals surface area contributed by atoms with E-state index in [1.807, 2.05) is 0 Å². The summed E-state index contributed by atoms with van der Waals surface area (Å²) >= 11 is 0. The average molecular weight is 281 g/mol. The zero-order chi connectivity index (χ0) is 14.8. The Morgan fingerprint density at radius 2 is 1.80 bits per heavy atom. The largest absolute Gasteiger partial charge is 0.395 e. The van der Waals surface area contributed by atoms with Crippen LogP contribution in [0.3, 0.4) is 0 Å². The van der Waals surface area contributed by atoms with Crippen LogP contribution in [0.4, 0.5) is 4.39 Å². The molecule has 0 amide bonds. The molecule has 0 unspecified atom stereocenters. The number of rotatable bonds is 10. The Bertz CT molecular complexity index is 392. The third-order valence-electron chi connectivity index (χ3n) is 3.29. The summed E-state index contributed by atoms with van der Waals surface area (Å²) in [7, 11) is 0. The molecule has 3 nitrogen and oxygen atoms in total. The van der Waals surface area contributed by atoms with Crippen molar-refractivity contribution in [2.75, 3.05) is 26.2 Å². The lowest BCUT2D eigenvalue weighted by molar-refractivity contribution is 0.0973. The van der Waals surface area contributed by atoms with Gasteiger partial charge in [-0.25, -0.2) is 4.39 Å². The molecule has 0 radical (unpaired) electrons. The van der Waals surface area contributed by atoms with Gasteiger partial charge < -0.3 is 10.0 Å². The molecule has 0 spiro atoms. The van der Waals surface area contributed by atoms with E-state index in [1.165, 1.54) is 24.3 Å². The Labute approximate surface area is 120 Å². The zero-order valence-corrected chi connectivity index (χ0v) is 12.1. The van der Waals surface area contributed by atoms with Crippen molar-refractivity contribution in [2.24, 2.45) is 0 Å². The van der Waals surface area contributed by atoms with Gasteiger partial charge in [0.2, 0.25) is 0 Å². The molecule has 0 aliphatic heterocycles. The highest BCUT2D eigenvalue weighted by Crippen LogP contribution is 2.08. The average Bonchev–Trinajstić information content (AvgIpc) is 2.45. The van der Waals surface area contributed by atoms with E-state index in [0.29, 0.717) is 18.5 Å². The number of nitrogens with zero attached hydrogens (tertiary/aromatic N) is 1. The molecule has 1 N–H and O–H groups in total. The third-order valence-corrected chi connectivity index (χ3v) is 3.29. The van der Waals surface area contributed by atoms with Crippen molar-refractivity contribution >= 4 is 5.78 Å². The third kappa shape index (κ3) is 6.26. The second-order valence-corrected chi connectivity index (χ2v) is 4.95. The van der Waals surface area contributed by atoms with E-state index in [2.05, 4.69) is 11.8 Å². The number of unbranched alkanes of at least 4 members (excludes halogenated alkanes) is 1. The van der Waals surface area contributed by atoms with E-state index in [0.717, 1.165) is 32.4 Å². The van der Waals surface area contributed by atoms with Crippen LogP contribution in [0.15, 0.2) is 24.3 Å². The van der Waals surface area contributed by atoms with Crippen LogP contribution >= 0.6 is 0 Å². The van der Waals surface area contributed by atoms with E-state index >= 15 is 0 Å². The van der Waals surface area contributed by atoms with Gasteiger partial charge in [-0.05, 0) is 50.2 Å². The molecule has 1 aromatic rings. The van der Waals surface area contributed by atoms with Gasteiger partial charge in [-0.1, -0.05) is 13.3 Å². The highest BCUT2D eigenvalue weighted by Gasteiger charge is 2.08. The van der Waals surface area contributed by atoms with Crippen molar-refractivity contribution in [1.29, 1.82) is 0 Å². The predicted octanol–water partition coefficient (Wildman–Crippen LogP) is 2.88. The summed E-state index contributed by atoms with van der Waals surface area (Å²) in [5, 5.41) is 9.00. The quantitative estimate of drug-likeness (QED) is 0.670. The van der Waals surface area contributed by atoms with Crippen LogP contribution in [-0.4, -0.2) is 42.0 Å². The molecule has 112 valence electrons. The molecule has 0 aliphatic rings. The lowest BCUT2D eigenvalue weighted by Gasteiger charge is -2.20.